The largest absolute Gasteiger partial charge is 0.504 e. The van der Waals surface area contributed by atoms with E-state index >= 15 is 0 Å². The number of hydrogen-bond acceptors (Lipinski definition) is 3. The number of rotatable bonds is 3. The van der Waals surface area contributed by atoms with Gasteiger partial charge in [0.1, 0.15) is 5.82 Å². The van der Waals surface area contributed by atoms with Crippen molar-refractivity contribution in [2.24, 2.45) is 5.92 Å². The van der Waals surface area contributed by atoms with Crippen LogP contribution in [0, 0.1) is 17.6 Å². The van der Waals surface area contributed by atoms with Gasteiger partial charge in [-0.15, -0.1) is 0 Å². The van der Waals surface area contributed by atoms with Crippen molar-refractivity contribution in [1.82, 2.24) is 5.32 Å². The summed E-state index contributed by atoms with van der Waals surface area (Å²) in [6.07, 6.45) is 2.40. The molecule has 0 radical (unpaired) electrons. The van der Waals surface area contributed by atoms with E-state index in [9.17, 15) is 13.9 Å². The summed E-state index contributed by atoms with van der Waals surface area (Å²) in [5.74, 6) is -2.03. The van der Waals surface area contributed by atoms with Gasteiger partial charge in [0.25, 0.3) is 0 Å². The predicted molar refractivity (Wildman–Crippen MR) is 63.9 cm³/mol. The van der Waals surface area contributed by atoms with Gasteiger partial charge in [-0.3, -0.25) is 0 Å². The van der Waals surface area contributed by atoms with Crippen molar-refractivity contribution in [1.29, 1.82) is 0 Å². The average Bonchev–Trinajstić information content (AvgIpc) is 2.36. The quantitative estimate of drug-likeness (QED) is 0.872. The van der Waals surface area contributed by atoms with Crippen LogP contribution in [0.4, 0.5) is 8.78 Å². The zero-order valence-electron chi connectivity index (χ0n) is 10.3. The van der Waals surface area contributed by atoms with Crippen LogP contribution in [0.15, 0.2) is 6.07 Å². The number of methoxy groups -OCH3 is 1. The first-order valence-corrected chi connectivity index (χ1v) is 6.08. The summed E-state index contributed by atoms with van der Waals surface area (Å²) in [6.45, 7) is 1.76. The molecule has 1 aromatic rings. The number of ether oxygens (including phenoxy) is 1. The van der Waals surface area contributed by atoms with Gasteiger partial charge >= 0.3 is 0 Å². The number of piperidine rings is 1. The zero-order valence-corrected chi connectivity index (χ0v) is 10.3. The predicted octanol–water partition coefficient (Wildman–Crippen LogP) is 2.22. The van der Waals surface area contributed by atoms with Gasteiger partial charge in [0, 0.05) is 11.6 Å². The van der Waals surface area contributed by atoms with Crippen molar-refractivity contribution in [2.75, 3.05) is 20.2 Å². The highest BCUT2D eigenvalue weighted by Gasteiger charge is 2.22. The first kappa shape index (κ1) is 13.1. The molecule has 3 nitrogen and oxygen atoms in total. The Labute approximate surface area is 105 Å². The minimum atomic E-state index is -0.877. The summed E-state index contributed by atoms with van der Waals surface area (Å²) in [4.78, 5) is 0. The highest BCUT2D eigenvalue weighted by molar-refractivity contribution is 5.47. The third-order valence-corrected chi connectivity index (χ3v) is 3.36. The van der Waals surface area contributed by atoms with Crippen LogP contribution >= 0.6 is 0 Å². The van der Waals surface area contributed by atoms with Crippen molar-refractivity contribution < 1.29 is 18.6 Å². The first-order chi connectivity index (χ1) is 8.63. The van der Waals surface area contributed by atoms with Crippen LogP contribution in [-0.2, 0) is 6.42 Å². The van der Waals surface area contributed by atoms with Crippen LogP contribution in [0.5, 0.6) is 11.5 Å². The molecule has 1 aliphatic heterocycles. The highest BCUT2D eigenvalue weighted by atomic mass is 19.1. The fourth-order valence-electron chi connectivity index (χ4n) is 2.40. The summed E-state index contributed by atoms with van der Waals surface area (Å²) in [5, 5.41) is 13.1. The average molecular weight is 257 g/mol. The number of phenols is 1. The second kappa shape index (κ2) is 5.52. The third-order valence-electron chi connectivity index (χ3n) is 3.36. The molecule has 1 saturated heterocycles. The fourth-order valence-corrected chi connectivity index (χ4v) is 2.40. The van der Waals surface area contributed by atoms with Crippen LogP contribution in [-0.4, -0.2) is 25.3 Å². The minimum absolute atomic E-state index is 0.141. The molecule has 0 spiro atoms. The van der Waals surface area contributed by atoms with Crippen molar-refractivity contribution in [3.8, 4) is 11.5 Å². The van der Waals surface area contributed by atoms with Gasteiger partial charge in [0.2, 0.25) is 0 Å². The lowest BCUT2D eigenvalue weighted by atomic mass is 9.91. The topological polar surface area (TPSA) is 41.5 Å². The van der Waals surface area contributed by atoms with Gasteiger partial charge in [-0.05, 0) is 38.3 Å². The maximum Gasteiger partial charge on any atom is 0.197 e. The first-order valence-electron chi connectivity index (χ1n) is 6.08. The monoisotopic (exact) mass is 257 g/mol. The van der Waals surface area contributed by atoms with Gasteiger partial charge in [-0.25, -0.2) is 8.78 Å². The number of benzene rings is 1. The summed E-state index contributed by atoms with van der Waals surface area (Å²) < 4.78 is 31.8. The minimum Gasteiger partial charge on any atom is -0.504 e. The molecule has 5 heteroatoms. The molecule has 0 aromatic heterocycles. The van der Waals surface area contributed by atoms with Gasteiger partial charge in [0.05, 0.1) is 7.11 Å². The summed E-state index contributed by atoms with van der Waals surface area (Å²) >= 11 is 0. The van der Waals surface area contributed by atoms with E-state index in [-0.39, 0.29) is 17.2 Å². The maximum atomic E-state index is 13.7. The Bertz CT molecular complexity index is 431. The Morgan fingerprint density at radius 3 is 2.83 bits per heavy atom. The van der Waals surface area contributed by atoms with E-state index < -0.39 is 17.4 Å². The maximum absolute atomic E-state index is 13.7. The molecule has 0 saturated carbocycles. The Hall–Kier alpha value is -1.36. The van der Waals surface area contributed by atoms with Crippen molar-refractivity contribution in [2.45, 2.75) is 19.3 Å². The van der Waals surface area contributed by atoms with E-state index in [4.69, 9.17) is 4.74 Å². The summed E-state index contributed by atoms with van der Waals surface area (Å²) in [7, 11) is 1.25. The van der Waals surface area contributed by atoms with E-state index in [0.29, 0.717) is 6.42 Å². The molecule has 1 fully saturated rings. The van der Waals surface area contributed by atoms with Crippen molar-refractivity contribution >= 4 is 0 Å². The second-order valence-corrected chi connectivity index (χ2v) is 4.62. The highest BCUT2D eigenvalue weighted by Crippen LogP contribution is 2.36. The van der Waals surface area contributed by atoms with E-state index in [2.05, 4.69) is 5.32 Å². The lowest BCUT2D eigenvalue weighted by molar-refractivity contribution is 0.333. The lowest BCUT2D eigenvalue weighted by Gasteiger charge is -2.23. The molecule has 1 aliphatic rings. The number of aromatic hydroxyl groups is 1. The fraction of sp³-hybridized carbons (Fsp3) is 0.538. The molecule has 2 rings (SSSR count). The zero-order chi connectivity index (χ0) is 13.1. The van der Waals surface area contributed by atoms with Crippen LogP contribution in [0.25, 0.3) is 0 Å². The molecule has 1 atom stereocenters. The van der Waals surface area contributed by atoms with E-state index in [1.807, 2.05) is 0 Å². The number of hydrogen-bond donors (Lipinski definition) is 2. The second-order valence-electron chi connectivity index (χ2n) is 4.62. The molecule has 1 heterocycles. The SMILES string of the molecule is COc1c(F)cc(F)c(CC2CCCNC2)c1O. The molecule has 100 valence electrons. The Morgan fingerprint density at radius 2 is 2.22 bits per heavy atom. The standard InChI is InChI=1S/C13H17F2NO2/c1-18-13-11(15)6-10(14)9(12(13)17)5-8-3-2-4-16-7-8/h6,8,16-17H,2-5,7H2,1H3. The Balaban J connectivity index is 2.26. The van der Waals surface area contributed by atoms with Gasteiger partial charge in [0.15, 0.2) is 17.3 Å². The lowest BCUT2D eigenvalue weighted by Crippen LogP contribution is -2.31. The molecule has 1 aromatic carbocycles. The smallest absolute Gasteiger partial charge is 0.197 e. The van der Waals surface area contributed by atoms with Gasteiger partial charge < -0.3 is 15.2 Å². The number of halogens is 2. The van der Waals surface area contributed by atoms with Crippen LogP contribution in [0.3, 0.4) is 0 Å². The van der Waals surface area contributed by atoms with E-state index in [1.165, 1.54) is 7.11 Å². The third kappa shape index (κ3) is 2.56. The van der Waals surface area contributed by atoms with E-state index in [1.54, 1.807) is 0 Å². The van der Waals surface area contributed by atoms with Gasteiger partial charge in [-0.1, -0.05) is 0 Å². The summed E-state index contributed by atoms with van der Waals surface area (Å²) in [5.41, 5.74) is 0.141. The van der Waals surface area contributed by atoms with Crippen LogP contribution < -0.4 is 10.1 Å². The van der Waals surface area contributed by atoms with Gasteiger partial charge in [-0.2, -0.15) is 0 Å². The normalized spacial score (nSPS) is 19.8. The molecule has 18 heavy (non-hydrogen) atoms. The molecule has 2 N–H and O–H groups in total. The van der Waals surface area contributed by atoms with Crippen molar-refractivity contribution in [3.63, 3.8) is 0 Å². The molecule has 0 aliphatic carbocycles. The van der Waals surface area contributed by atoms with Crippen LogP contribution in [0.2, 0.25) is 0 Å². The van der Waals surface area contributed by atoms with Crippen LogP contribution in [0.1, 0.15) is 18.4 Å². The van der Waals surface area contributed by atoms with Crippen molar-refractivity contribution in [3.05, 3.63) is 23.3 Å². The Kier molecular flexibility index (Phi) is 4.01. The Morgan fingerprint density at radius 1 is 1.44 bits per heavy atom. The molecular weight excluding hydrogens is 240 g/mol. The molecule has 0 bridgehead atoms. The number of nitrogens with one attached hydrogen (secondary N) is 1. The van der Waals surface area contributed by atoms with E-state index in [0.717, 1.165) is 32.0 Å². The number of phenolic OH excluding ortho intramolecular Hbond substituents is 1. The molecular formula is C13H17F2NO2. The molecule has 0 amide bonds. The summed E-state index contributed by atoms with van der Waals surface area (Å²) in [6, 6.07) is 0.768. The molecule has 1 unspecified atom stereocenters.